The third-order valence-electron chi connectivity index (χ3n) is 3.13. The SMILES string of the molecule is CCCCC(CC)(CCl)Cc1cncs1. The quantitative estimate of drug-likeness (QED) is 0.644. The number of hydrogen-bond acceptors (Lipinski definition) is 2. The molecule has 0 bridgehead atoms. The van der Waals surface area contributed by atoms with Crippen LogP contribution < -0.4 is 0 Å². The van der Waals surface area contributed by atoms with Gasteiger partial charge in [-0.3, -0.25) is 4.98 Å². The van der Waals surface area contributed by atoms with Crippen molar-refractivity contribution in [3.8, 4) is 0 Å². The number of halogens is 1. The second kappa shape index (κ2) is 6.49. The Hall–Kier alpha value is -0.0800. The van der Waals surface area contributed by atoms with Gasteiger partial charge in [0.15, 0.2) is 0 Å². The Kier molecular flexibility index (Phi) is 5.62. The molecule has 0 fully saturated rings. The molecule has 0 aliphatic carbocycles. The van der Waals surface area contributed by atoms with Crippen molar-refractivity contribution in [2.75, 3.05) is 5.88 Å². The highest BCUT2D eigenvalue weighted by atomic mass is 35.5. The molecule has 0 saturated carbocycles. The van der Waals surface area contributed by atoms with E-state index >= 15 is 0 Å². The second-order valence-electron chi connectivity index (χ2n) is 4.24. The van der Waals surface area contributed by atoms with Crippen LogP contribution >= 0.6 is 22.9 Å². The molecule has 1 nitrogen and oxygen atoms in total. The first-order valence-electron chi connectivity index (χ1n) is 5.69. The van der Waals surface area contributed by atoms with Crippen molar-refractivity contribution in [1.29, 1.82) is 0 Å². The molecule has 1 aromatic heterocycles. The Labute approximate surface area is 102 Å². The first kappa shape index (κ1) is 13.0. The molecule has 0 amide bonds. The molecule has 0 N–H and O–H groups in total. The minimum atomic E-state index is 0.296. The largest absolute Gasteiger partial charge is 0.253 e. The Balaban J connectivity index is 2.63. The third kappa shape index (κ3) is 3.76. The van der Waals surface area contributed by atoms with Crippen LogP contribution in [0.15, 0.2) is 11.7 Å². The van der Waals surface area contributed by atoms with Crippen LogP contribution in [0, 0.1) is 5.41 Å². The highest BCUT2D eigenvalue weighted by Crippen LogP contribution is 2.35. The Morgan fingerprint density at radius 1 is 1.47 bits per heavy atom. The van der Waals surface area contributed by atoms with E-state index in [4.69, 9.17) is 11.6 Å². The molecule has 0 radical (unpaired) electrons. The maximum absolute atomic E-state index is 6.16. The molecular formula is C12H20ClNS. The van der Waals surface area contributed by atoms with E-state index in [2.05, 4.69) is 18.8 Å². The molecule has 1 atom stereocenters. The molecule has 1 heterocycles. The van der Waals surface area contributed by atoms with Gasteiger partial charge < -0.3 is 0 Å². The summed E-state index contributed by atoms with van der Waals surface area (Å²) < 4.78 is 0. The summed E-state index contributed by atoms with van der Waals surface area (Å²) in [5, 5.41) is 0. The van der Waals surface area contributed by atoms with E-state index in [1.807, 2.05) is 11.7 Å². The van der Waals surface area contributed by atoms with Crippen LogP contribution in [-0.4, -0.2) is 10.9 Å². The lowest BCUT2D eigenvalue weighted by atomic mass is 9.79. The molecule has 3 heteroatoms. The van der Waals surface area contributed by atoms with Crippen LogP contribution in [0.5, 0.6) is 0 Å². The van der Waals surface area contributed by atoms with E-state index in [1.54, 1.807) is 11.3 Å². The molecule has 0 saturated heterocycles. The number of unbranched alkanes of at least 4 members (excludes halogenated alkanes) is 1. The number of hydrogen-bond donors (Lipinski definition) is 0. The van der Waals surface area contributed by atoms with Crippen molar-refractivity contribution < 1.29 is 0 Å². The standard InChI is InChI=1S/C12H20ClNS/c1-3-5-6-12(4-2,9-13)7-11-8-14-10-15-11/h8,10H,3-7,9H2,1-2H3. The van der Waals surface area contributed by atoms with E-state index in [0.717, 1.165) is 18.7 Å². The molecule has 1 rings (SSSR count). The van der Waals surface area contributed by atoms with Crippen molar-refractivity contribution in [2.24, 2.45) is 5.41 Å². The zero-order chi connectivity index (χ0) is 11.1. The van der Waals surface area contributed by atoms with Crippen LogP contribution in [0.25, 0.3) is 0 Å². The van der Waals surface area contributed by atoms with Gasteiger partial charge in [-0.05, 0) is 24.7 Å². The van der Waals surface area contributed by atoms with E-state index in [1.165, 1.54) is 24.1 Å². The van der Waals surface area contributed by atoms with Gasteiger partial charge in [-0.15, -0.1) is 22.9 Å². The second-order valence-corrected chi connectivity index (χ2v) is 5.47. The van der Waals surface area contributed by atoms with E-state index in [-0.39, 0.29) is 0 Å². The van der Waals surface area contributed by atoms with Crippen molar-refractivity contribution in [2.45, 2.75) is 46.0 Å². The van der Waals surface area contributed by atoms with Gasteiger partial charge in [0.25, 0.3) is 0 Å². The van der Waals surface area contributed by atoms with Crippen LogP contribution in [0.3, 0.4) is 0 Å². The number of thiazole rings is 1. The highest BCUT2D eigenvalue weighted by molar-refractivity contribution is 7.09. The number of aromatic nitrogens is 1. The maximum Gasteiger partial charge on any atom is 0.0794 e. The molecule has 0 spiro atoms. The summed E-state index contributed by atoms with van der Waals surface area (Å²) in [6.07, 6.45) is 8.00. The topological polar surface area (TPSA) is 12.9 Å². The lowest BCUT2D eigenvalue weighted by molar-refractivity contribution is 0.281. The zero-order valence-corrected chi connectivity index (χ0v) is 11.2. The fourth-order valence-corrected chi connectivity index (χ4v) is 3.03. The van der Waals surface area contributed by atoms with Gasteiger partial charge in [-0.1, -0.05) is 26.7 Å². The molecule has 15 heavy (non-hydrogen) atoms. The van der Waals surface area contributed by atoms with Gasteiger partial charge in [0.1, 0.15) is 0 Å². The van der Waals surface area contributed by atoms with Gasteiger partial charge in [0, 0.05) is 17.0 Å². The van der Waals surface area contributed by atoms with Crippen molar-refractivity contribution in [1.82, 2.24) is 4.98 Å². The van der Waals surface area contributed by atoms with Gasteiger partial charge in [-0.2, -0.15) is 0 Å². The summed E-state index contributed by atoms with van der Waals surface area (Å²) in [4.78, 5) is 5.50. The monoisotopic (exact) mass is 245 g/mol. The molecule has 1 aromatic rings. The molecular weight excluding hydrogens is 226 g/mol. The molecule has 86 valence electrons. The average molecular weight is 246 g/mol. The summed E-state index contributed by atoms with van der Waals surface area (Å²) >= 11 is 7.91. The lowest BCUT2D eigenvalue weighted by Crippen LogP contribution is -2.24. The molecule has 0 aliphatic heterocycles. The first-order valence-corrected chi connectivity index (χ1v) is 7.11. The Morgan fingerprint density at radius 2 is 2.27 bits per heavy atom. The highest BCUT2D eigenvalue weighted by Gasteiger charge is 2.27. The fourth-order valence-electron chi connectivity index (χ4n) is 1.85. The van der Waals surface area contributed by atoms with Crippen molar-refractivity contribution in [3.63, 3.8) is 0 Å². The Bertz CT molecular complexity index is 255. The van der Waals surface area contributed by atoms with E-state index < -0.39 is 0 Å². The van der Waals surface area contributed by atoms with Gasteiger partial charge in [0.05, 0.1) is 5.51 Å². The summed E-state index contributed by atoms with van der Waals surface area (Å²) in [6, 6.07) is 0. The zero-order valence-electron chi connectivity index (χ0n) is 9.63. The first-order chi connectivity index (χ1) is 7.26. The summed E-state index contributed by atoms with van der Waals surface area (Å²) in [6.45, 7) is 4.49. The minimum absolute atomic E-state index is 0.296. The smallest absolute Gasteiger partial charge is 0.0794 e. The molecule has 0 aliphatic rings. The number of nitrogens with zero attached hydrogens (tertiary/aromatic N) is 1. The molecule has 0 aromatic carbocycles. The van der Waals surface area contributed by atoms with Crippen molar-refractivity contribution >= 4 is 22.9 Å². The van der Waals surface area contributed by atoms with Crippen molar-refractivity contribution in [3.05, 3.63) is 16.6 Å². The maximum atomic E-state index is 6.16. The number of rotatable bonds is 7. The number of alkyl halides is 1. The average Bonchev–Trinajstić information content (AvgIpc) is 2.77. The van der Waals surface area contributed by atoms with Gasteiger partial charge in [-0.25, -0.2) is 0 Å². The summed E-state index contributed by atoms with van der Waals surface area (Å²) in [5.41, 5.74) is 2.20. The predicted molar refractivity (Wildman–Crippen MR) is 68.8 cm³/mol. The van der Waals surface area contributed by atoms with Crippen LogP contribution in [0.4, 0.5) is 0 Å². The summed E-state index contributed by atoms with van der Waals surface area (Å²) in [7, 11) is 0. The third-order valence-corrected chi connectivity index (χ3v) is 4.47. The molecule has 1 unspecified atom stereocenters. The van der Waals surface area contributed by atoms with Crippen LogP contribution in [0.2, 0.25) is 0 Å². The minimum Gasteiger partial charge on any atom is -0.253 e. The van der Waals surface area contributed by atoms with Gasteiger partial charge in [0.2, 0.25) is 0 Å². The Morgan fingerprint density at radius 3 is 2.73 bits per heavy atom. The predicted octanol–water partition coefficient (Wildman–Crippen LogP) is 4.51. The normalized spacial score (nSPS) is 15.1. The van der Waals surface area contributed by atoms with Gasteiger partial charge >= 0.3 is 0 Å². The van der Waals surface area contributed by atoms with Crippen LogP contribution in [0.1, 0.15) is 44.4 Å². The lowest BCUT2D eigenvalue weighted by Gasteiger charge is -2.30. The fraction of sp³-hybridized carbons (Fsp3) is 0.750. The summed E-state index contributed by atoms with van der Waals surface area (Å²) in [5.74, 6) is 0.765. The van der Waals surface area contributed by atoms with Crippen LogP contribution in [-0.2, 0) is 6.42 Å². The van der Waals surface area contributed by atoms with E-state index in [9.17, 15) is 0 Å². The van der Waals surface area contributed by atoms with E-state index in [0.29, 0.717) is 5.41 Å².